The van der Waals surface area contributed by atoms with Crippen molar-refractivity contribution in [3.8, 4) is 16.5 Å². The Morgan fingerprint density at radius 1 is 1.30 bits per heavy atom. The lowest BCUT2D eigenvalue weighted by Gasteiger charge is -2.03. The first-order valence-corrected chi connectivity index (χ1v) is 8.55. The summed E-state index contributed by atoms with van der Waals surface area (Å²) in [5.41, 5.74) is 0. The predicted octanol–water partition coefficient (Wildman–Crippen LogP) is 3.54. The average Bonchev–Trinajstić information content (AvgIpc) is 3.24. The summed E-state index contributed by atoms with van der Waals surface area (Å²) in [6.07, 6.45) is 0. The van der Waals surface area contributed by atoms with Gasteiger partial charge in [-0.25, -0.2) is 0 Å². The minimum absolute atomic E-state index is 0.105. The van der Waals surface area contributed by atoms with E-state index in [0.717, 1.165) is 15.5 Å². The molecule has 3 aromatic rings. The highest BCUT2D eigenvalue weighted by atomic mass is 32.2. The fourth-order valence-corrected chi connectivity index (χ4v) is 3.09. The number of benzene rings is 1. The molecule has 0 aliphatic carbocycles. The Bertz CT molecular complexity index is 770. The third-order valence-electron chi connectivity index (χ3n) is 2.83. The van der Waals surface area contributed by atoms with E-state index in [1.165, 1.54) is 23.1 Å². The van der Waals surface area contributed by atoms with E-state index < -0.39 is 0 Å². The predicted molar refractivity (Wildman–Crippen MR) is 90.0 cm³/mol. The second-order valence-electron chi connectivity index (χ2n) is 4.40. The molecular formula is C15H13N3O3S2. The minimum atomic E-state index is -0.202. The van der Waals surface area contributed by atoms with Crippen LogP contribution in [0.5, 0.6) is 5.75 Å². The number of nitrogens with one attached hydrogen (secondary N) is 1. The molecule has 0 unspecified atom stereocenters. The maximum Gasteiger partial charge on any atom is 0.322 e. The van der Waals surface area contributed by atoms with E-state index in [0.29, 0.717) is 5.89 Å². The second kappa shape index (κ2) is 7.30. The molecule has 1 N–H and O–H groups in total. The summed E-state index contributed by atoms with van der Waals surface area (Å²) in [6, 6.07) is 11.4. The fraction of sp³-hybridized carbons (Fsp3) is 0.133. The number of carbonyl (C=O) groups is 1. The normalized spacial score (nSPS) is 10.5. The molecule has 2 aromatic heterocycles. The van der Waals surface area contributed by atoms with Gasteiger partial charge in [-0.3, -0.25) is 10.1 Å². The van der Waals surface area contributed by atoms with Gasteiger partial charge in [0.05, 0.1) is 17.7 Å². The van der Waals surface area contributed by atoms with Crippen molar-refractivity contribution in [2.24, 2.45) is 0 Å². The van der Waals surface area contributed by atoms with Gasteiger partial charge in [0.1, 0.15) is 5.75 Å². The molecule has 6 nitrogen and oxygen atoms in total. The molecule has 23 heavy (non-hydrogen) atoms. The zero-order valence-corrected chi connectivity index (χ0v) is 13.8. The molecule has 1 amide bonds. The Hall–Kier alpha value is -2.32. The van der Waals surface area contributed by atoms with Gasteiger partial charge in [0.25, 0.3) is 5.89 Å². The summed E-state index contributed by atoms with van der Waals surface area (Å²) in [5, 5.41) is 12.2. The third-order valence-corrected chi connectivity index (χ3v) is 4.70. The Balaban J connectivity index is 1.53. The summed E-state index contributed by atoms with van der Waals surface area (Å²) in [7, 11) is 1.62. The van der Waals surface area contributed by atoms with Crippen molar-refractivity contribution in [1.29, 1.82) is 0 Å². The Morgan fingerprint density at radius 3 is 2.83 bits per heavy atom. The van der Waals surface area contributed by atoms with E-state index >= 15 is 0 Å². The molecule has 3 rings (SSSR count). The average molecular weight is 347 g/mol. The summed E-state index contributed by atoms with van der Waals surface area (Å²) in [4.78, 5) is 13.8. The van der Waals surface area contributed by atoms with Crippen LogP contribution in [-0.4, -0.2) is 29.0 Å². The largest absolute Gasteiger partial charge is 0.497 e. The monoisotopic (exact) mass is 347 g/mol. The first-order chi connectivity index (χ1) is 11.2. The molecule has 0 spiro atoms. The molecule has 1 aromatic carbocycles. The number of hydrogen-bond donors (Lipinski definition) is 1. The van der Waals surface area contributed by atoms with Crippen LogP contribution in [0, 0.1) is 0 Å². The zero-order valence-electron chi connectivity index (χ0n) is 12.2. The van der Waals surface area contributed by atoms with Gasteiger partial charge in [-0.15, -0.1) is 28.2 Å². The van der Waals surface area contributed by atoms with Crippen LogP contribution in [0.4, 0.5) is 6.01 Å². The van der Waals surface area contributed by atoms with Crippen molar-refractivity contribution < 1.29 is 13.9 Å². The van der Waals surface area contributed by atoms with E-state index in [-0.39, 0.29) is 17.7 Å². The van der Waals surface area contributed by atoms with Crippen LogP contribution in [0.25, 0.3) is 10.8 Å². The zero-order chi connectivity index (χ0) is 16.1. The van der Waals surface area contributed by atoms with Gasteiger partial charge in [0, 0.05) is 4.90 Å². The van der Waals surface area contributed by atoms with Gasteiger partial charge < -0.3 is 9.15 Å². The van der Waals surface area contributed by atoms with Crippen LogP contribution >= 0.6 is 23.1 Å². The van der Waals surface area contributed by atoms with Gasteiger partial charge in [-0.05, 0) is 35.7 Å². The minimum Gasteiger partial charge on any atom is -0.497 e. The number of nitrogens with zero attached hydrogens (tertiary/aromatic N) is 2. The molecule has 0 aliphatic rings. The Kier molecular flexibility index (Phi) is 4.94. The lowest BCUT2D eigenvalue weighted by Crippen LogP contribution is -2.14. The van der Waals surface area contributed by atoms with E-state index in [4.69, 9.17) is 9.15 Å². The number of aromatic nitrogens is 2. The molecular weight excluding hydrogens is 334 g/mol. The topological polar surface area (TPSA) is 77.2 Å². The number of rotatable bonds is 6. The fourth-order valence-electron chi connectivity index (χ4n) is 1.75. The highest BCUT2D eigenvalue weighted by Gasteiger charge is 2.12. The van der Waals surface area contributed by atoms with Crippen LogP contribution < -0.4 is 10.1 Å². The number of carbonyl (C=O) groups excluding carboxylic acids is 1. The van der Waals surface area contributed by atoms with Crippen molar-refractivity contribution in [3.63, 3.8) is 0 Å². The van der Waals surface area contributed by atoms with Crippen molar-refractivity contribution >= 4 is 35.0 Å². The molecule has 0 saturated heterocycles. The number of thioether (sulfide) groups is 1. The number of hydrogen-bond acceptors (Lipinski definition) is 7. The summed E-state index contributed by atoms with van der Waals surface area (Å²) >= 11 is 2.91. The number of anilines is 1. The molecule has 0 radical (unpaired) electrons. The second-order valence-corrected chi connectivity index (χ2v) is 6.40. The molecule has 0 bridgehead atoms. The quantitative estimate of drug-likeness (QED) is 0.687. The highest BCUT2D eigenvalue weighted by Crippen LogP contribution is 2.25. The molecule has 0 fully saturated rings. The molecule has 2 heterocycles. The first kappa shape index (κ1) is 15.6. The van der Waals surface area contributed by atoms with Crippen molar-refractivity contribution in [3.05, 3.63) is 41.8 Å². The number of methoxy groups -OCH3 is 1. The van der Waals surface area contributed by atoms with Crippen molar-refractivity contribution in [1.82, 2.24) is 10.2 Å². The smallest absolute Gasteiger partial charge is 0.322 e. The first-order valence-electron chi connectivity index (χ1n) is 6.68. The summed E-state index contributed by atoms with van der Waals surface area (Å²) in [5.74, 6) is 1.24. The maximum atomic E-state index is 11.9. The molecule has 0 saturated carbocycles. The van der Waals surface area contributed by atoms with E-state index in [2.05, 4.69) is 15.5 Å². The Labute approximate surface area is 140 Å². The van der Waals surface area contributed by atoms with Gasteiger partial charge in [-0.2, -0.15) is 0 Å². The summed E-state index contributed by atoms with van der Waals surface area (Å²) < 4.78 is 10.5. The van der Waals surface area contributed by atoms with Gasteiger partial charge in [-0.1, -0.05) is 11.2 Å². The molecule has 118 valence electrons. The molecule has 0 atom stereocenters. The maximum absolute atomic E-state index is 11.9. The van der Waals surface area contributed by atoms with Crippen LogP contribution in [0.2, 0.25) is 0 Å². The SMILES string of the molecule is COc1ccc(SCC(=O)Nc2nnc(-c3cccs3)o2)cc1. The molecule has 0 aliphatic heterocycles. The van der Waals surface area contributed by atoms with Crippen LogP contribution in [0.1, 0.15) is 0 Å². The number of amides is 1. The third kappa shape index (κ3) is 4.11. The van der Waals surface area contributed by atoms with E-state index in [9.17, 15) is 4.79 Å². The van der Waals surface area contributed by atoms with E-state index in [1.54, 1.807) is 7.11 Å². The van der Waals surface area contributed by atoms with Gasteiger partial charge in [0.15, 0.2) is 0 Å². The number of ether oxygens (including phenoxy) is 1. The lowest BCUT2D eigenvalue weighted by atomic mass is 10.3. The Morgan fingerprint density at radius 2 is 2.13 bits per heavy atom. The van der Waals surface area contributed by atoms with Crippen molar-refractivity contribution in [2.75, 3.05) is 18.2 Å². The van der Waals surface area contributed by atoms with Crippen molar-refractivity contribution in [2.45, 2.75) is 4.90 Å². The summed E-state index contributed by atoms with van der Waals surface area (Å²) in [6.45, 7) is 0. The van der Waals surface area contributed by atoms with Crippen LogP contribution in [0.3, 0.4) is 0 Å². The standard InChI is InChI=1S/C15H13N3O3S2/c1-20-10-4-6-11(7-5-10)23-9-13(19)16-15-18-17-14(21-15)12-3-2-8-22-12/h2-8H,9H2,1H3,(H,16,18,19). The van der Waals surface area contributed by atoms with Gasteiger partial charge in [0.2, 0.25) is 5.91 Å². The lowest BCUT2D eigenvalue weighted by molar-refractivity contribution is -0.113. The van der Waals surface area contributed by atoms with E-state index in [1.807, 2.05) is 41.8 Å². The van der Waals surface area contributed by atoms with Gasteiger partial charge >= 0.3 is 6.01 Å². The highest BCUT2D eigenvalue weighted by molar-refractivity contribution is 8.00. The van der Waals surface area contributed by atoms with Crippen LogP contribution in [0.15, 0.2) is 51.1 Å². The molecule has 8 heteroatoms. The van der Waals surface area contributed by atoms with Crippen LogP contribution in [-0.2, 0) is 4.79 Å². The number of thiophene rings is 1.